The molecule has 9 heteroatoms. The summed E-state index contributed by atoms with van der Waals surface area (Å²) in [6.07, 6.45) is -4.14. The second-order valence-electron chi connectivity index (χ2n) is 1.55. The van der Waals surface area contributed by atoms with Crippen molar-refractivity contribution < 1.29 is 26.4 Å². The first-order chi connectivity index (χ1) is 5.19. The van der Waals surface area contributed by atoms with Crippen molar-refractivity contribution in [3.8, 4) is 0 Å². The fraction of sp³-hybridized carbons (Fsp3) is 0.667. The molecule has 0 saturated carbocycles. The maximum atomic E-state index is 11.4. The Bertz CT molecular complexity index is 269. The second-order valence-corrected chi connectivity index (χ2v) is 5.31. The molecule has 4 nitrogen and oxygen atoms in total. The summed E-state index contributed by atoms with van der Waals surface area (Å²) < 4.78 is 55.9. The molecular formula is C3H4F3NO3S2. The number of halogens is 3. The molecule has 0 aliphatic heterocycles. The molecule has 0 bridgehead atoms. The Morgan fingerprint density at radius 3 is 2.08 bits per heavy atom. The number of rotatable bonds is 2. The average molecular weight is 223 g/mol. The van der Waals surface area contributed by atoms with Crippen molar-refractivity contribution in [2.24, 2.45) is 0 Å². The van der Waals surface area contributed by atoms with Crippen molar-refractivity contribution in [1.29, 1.82) is 0 Å². The lowest BCUT2D eigenvalue weighted by Crippen LogP contribution is -2.39. The molecule has 0 rings (SSSR count). The maximum absolute atomic E-state index is 11.4. The van der Waals surface area contributed by atoms with Gasteiger partial charge in [0.2, 0.25) is 0 Å². The first-order valence-electron chi connectivity index (χ1n) is 2.38. The molecule has 12 heavy (non-hydrogen) atoms. The van der Waals surface area contributed by atoms with Crippen LogP contribution in [0.25, 0.3) is 0 Å². The Hall–Kier alpha value is -0.440. The standard InChI is InChI=1S/C3H4F3NO3S2/c1-11-12(9,10)7-2(8)3(4,5)6/h1H3,(H,7,8). The lowest BCUT2D eigenvalue weighted by Gasteiger charge is -2.05. The van der Waals surface area contributed by atoms with Crippen LogP contribution in [0.3, 0.4) is 0 Å². The van der Waals surface area contributed by atoms with Crippen molar-refractivity contribution in [1.82, 2.24) is 4.72 Å². The van der Waals surface area contributed by atoms with Crippen LogP contribution < -0.4 is 4.72 Å². The molecular weight excluding hydrogens is 219 g/mol. The third kappa shape index (κ3) is 3.81. The zero-order valence-electron chi connectivity index (χ0n) is 5.68. The van der Waals surface area contributed by atoms with Crippen LogP contribution in [0.5, 0.6) is 0 Å². The van der Waals surface area contributed by atoms with Crippen molar-refractivity contribution >= 4 is 25.8 Å². The van der Waals surface area contributed by atoms with Gasteiger partial charge in [-0.25, -0.2) is 4.72 Å². The Balaban J connectivity index is 4.42. The number of alkyl halides is 3. The van der Waals surface area contributed by atoms with Crippen LogP contribution in [0.15, 0.2) is 0 Å². The summed E-state index contributed by atoms with van der Waals surface area (Å²) in [6.45, 7) is 0. The molecule has 0 radical (unpaired) electrons. The van der Waals surface area contributed by atoms with E-state index >= 15 is 0 Å². The van der Waals surface area contributed by atoms with Gasteiger partial charge in [-0.05, 0) is 17.0 Å². The van der Waals surface area contributed by atoms with Crippen molar-refractivity contribution in [2.45, 2.75) is 6.18 Å². The predicted molar refractivity (Wildman–Crippen MR) is 36.6 cm³/mol. The Labute approximate surface area is 70.0 Å². The number of carbonyl (C=O) groups excluding carboxylic acids is 1. The minimum Gasteiger partial charge on any atom is -0.263 e. The normalized spacial score (nSPS) is 12.7. The summed E-state index contributed by atoms with van der Waals surface area (Å²) in [4.78, 5) is 10.0. The molecule has 0 aromatic rings. The van der Waals surface area contributed by atoms with Gasteiger partial charge in [0, 0.05) is 0 Å². The van der Waals surface area contributed by atoms with Gasteiger partial charge < -0.3 is 0 Å². The van der Waals surface area contributed by atoms with E-state index in [1.807, 2.05) is 0 Å². The van der Waals surface area contributed by atoms with Crippen molar-refractivity contribution in [3.63, 3.8) is 0 Å². The molecule has 0 aromatic carbocycles. The third-order valence-corrected chi connectivity index (χ3v) is 3.14. The van der Waals surface area contributed by atoms with Gasteiger partial charge in [0.1, 0.15) is 0 Å². The number of amides is 1. The van der Waals surface area contributed by atoms with Gasteiger partial charge in [0.15, 0.2) is 0 Å². The van der Waals surface area contributed by atoms with Gasteiger partial charge in [-0.3, -0.25) is 4.79 Å². The molecule has 1 amide bonds. The SMILES string of the molecule is CSS(=O)(=O)NC(=O)C(F)(F)F. The van der Waals surface area contributed by atoms with Gasteiger partial charge in [0.05, 0.1) is 0 Å². The molecule has 0 saturated heterocycles. The second kappa shape index (κ2) is 3.52. The summed E-state index contributed by atoms with van der Waals surface area (Å²) in [7, 11) is -4.09. The molecule has 0 aliphatic rings. The van der Waals surface area contributed by atoms with Crippen molar-refractivity contribution in [2.75, 3.05) is 6.26 Å². The zero-order chi connectivity index (χ0) is 9.99. The highest BCUT2D eigenvalue weighted by atomic mass is 33.1. The highest BCUT2D eigenvalue weighted by molar-refractivity contribution is 8.71. The van der Waals surface area contributed by atoms with Crippen LogP contribution in [0, 0.1) is 0 Å². The lowest BCUT2D eigenvalue weighted by molar-refractivity contribution is -0.171. The van der Waals surface area contributed by atoms with Crippen LogP contribution in [0.1, 0.15) is 0 Å². The molecule has 0 aliphatic carbocycles. The van der Waals surface area contributed by atoms with E-state index in [0.717, 1.165) is 11.0 Å². The highest BCUT2D eigenvalue weighted by Gasteiger charge is 2.40. The maximum Gasteiger partial charge on any atom is 0.472 e. The highest BCUT2D eigenvalue weighted by Crippen LogP contribution is 2.16. The number of carbonyl (C=O) groups is 1. The lowest BCUT2D eigenvalue weighted by atomic mass is 10.6. The van der Waals surface area contributed by atoms with Gasteiger partial charge in [0.25, 0.3) is 9.06 Å². The summed E-state index contributed by atoms with van der Waals surface area (Å²) >= 11 is 0. The fourth-order valence-electron chi connectivity index (χ4n) is 0.213. The van der Waals surface area contributed by atoms with Gasteiger partial charge >= 0.3 is 12.1 Å². The first-order valence-corrected chi connectivity index (χ1v) is 5.61. The topological polar surface area (TPSA) is 63.2 Å². The molecule has 0 fully saturated rings. The zero-order valence-corrected chi connectivity index (χ0v) is 7.31. The summed E-state index contributed by atoms with van der Waals surface area (Å²) in [5.41, 5.74) is 0. The molecule has 1 N–H and O–H groups in total. The number of hydrogen-bond acceptors (Lipinski definition) is 4. The third-order valence-electron chi connectivity index (χ3n) is 0.695. The Morgan fingerprint density at radius 1 is 1.42 bits per heavy atom. The molecule has 0 unspecified atom stereocenters. The molecule has 0 atom stereocenters. The molecule has 72 valence electrons. The van der Waals surface area contributed by atoms with Crippen LogP contribution >= 0.6 is 10.8 Å². The Kier molecular flexibility index (Phi) is 3.39. The smallest absolute Gasteiger partial charge is 0.263 e. The first kappa shape index (κ1) is 11.6. The summed E-state index contributed by atoms with van der Waals surface area (Å²) in [5.74, 6) is -2.49. The van der Waals surface area contributed by atoms with Crippen molar-refractivity contribution in [3.05, 3.63) is 0 Å². The van der Waals surface area contributed by atoms with Gasteiger partial charge in [-0.2, -0.15) is 21.6 Å². The van der Waals surface area contributed by atoms with E-state index in [0.29, 0.717) is 0 Å². The van der Waals surface area contributed by atoms with E-state index < -0.39 is 21.1 Å². The van der Waals surface area contributed by atoms with E-state index in [1.54, 1.807) is 0 Å². The summed E-state index contributed by atoms with van der Waals surface area (Å²) in [5, 5.41) is 0. The van der Waals surface area contributed by atoms with Gasteiger partial charge in [-0.15, -0.1) is 0 Å². The largest absolute Gasteiger partial charge is 0.472 e. The van der Waals surface area contributed by atoms with Crippen LogP contribution in [0.4, 0.5) is 13.2 Å². The average Bonchev–Trinajstić information content (AvgIpc) is 1.85. The van der Waals surface area contributed by atoms with Crippen LogP contribution in [0.2, 0.25) is 0 Å². The quantitative estimate of drug-likeness (QED) is 0.683. The molecule has 0 aromatic heterocycles. The van der Waals surface area contributed by atoms with Gasteiger partial charge in [-0.1, -0.05) is 0 Å². The van der Waals surface area contributed by atoms with E-state index in [2.05, 4.69) is 0 Å². The number of hydrogen-bond donors (Lipinski definition) is 1. The van der Waals surface area contributed by atoms with E-state index in [9.17, 15) is 26.4 Å². The van der Waals surface area contributed by atoms with Crippen LogP contribution in [-0.2, 0) is 13.8 Å². The van der Waals surface area contributed by atoms with Crippen LogP contribution in [-0.4, -0.2) is 26.8 Å². The monoisotopic (exact) mass is 223 g/mol. The minimum atomic E-state index is -5.18. The van der Waals surface area contributed by atoms with E-state index in [4.69, 9.17) is 0 Å². The fourth-order valence-corrected chi connectivity index (χ4v) is 1.12. The summed E-state index contributed by atoms with van der Waals surface area (Å²) in [6, 6.07) is 0. The number of nitrogens with one attached hydrogen (secondary N) is 1. The molecule has 0 spiro atoms. The predicted octanol–water partition coefficient (Wildman–Crippen LogP) is 0.273. The minimum absolute atomic E-state index is 0.112. The van der Waals surface area contributed by atoms with E-state index in [-0.39, 0.29) is 10.8 Å². The molecule has 0 heterocycles. The Morgan fingerprint density at radius 2 is 1.83 bits per heavy atom. The van der Waals surface area contributed by atoms with E-state index in [1.165, 1.54) is 0 Å².